The van der Waals surface area contributed by atoms with Gasteiger partial charge < -0.3 is 10.1 Å². The molecule has 2 rings (SSSR count). The van der Waals surface area contributed by atoms with Gasteiger partial charge in [-0.25, -0.2) is 4.39 Å². The van der Waals surface area contributed by atoms with Gasteiger partial charge in [0.1, 0.15) is 17.3 Å². The first kappa shape index (κ1) is 15.7. The molecule has 0 spiro atoms. The molecule has 5 heteroatoms. The predicted molar refractivity (Wildman–Crippen MR) is 82.4 cm³/mol. The maximum Gasteiger partial charge on any atom is 0.146 e. The van der Waals surface area contributed by atoms with Gasteiger partial charge in [-0.15, -0.1) is 0 Å². The van der Waals surface area contributed by atoms with E-state index in [1.165, 1.54) is 18.2 Å². The molecule has 112 valence electrons. The molecule has 0 amide bonds. The summed E-state index contributed by atoms with van der Waals surface area (Å²) in [5.74, 6) is 0.580. The number of pyridine rings is 1. The Labute approximate surface area is 129 Å². The van der Waals surface area contributed by atoms with E-state index in [2.05, 4.69) is 24.1 Å². The van der Waals surface area contributed by atoms with Crippen molar-refractivity contribution in [2.45, 2.75) is 26.3 Å². The third-order valence-electron chi connectivity index (χ3n) is 3.03. The summed E-state index contributed by atoms with van der Waals surface area (Å²) in [6.45, 7) is 5.14. The smallest absolute Gasteiger partial charge is 0.146 e. The quantitative estimate of drug-likeness (QED) is 0.838. The summed E-state index contributed by atoms with van der Waals surface area (Å²) in [5.41, 5.74) is 0.945. The molecule has 0 fully saturated rings. The van der Waals surface area contributed by atoms with Crippen molar-refractivity contribution < 1.29 is 9.13 Å². The molecule has 1 atom stereocenters. The van der Waals surface area contributed by atoms with Gasteiger partial charge in [0.2, 0.25) is 0 Å². The van der Waals surface area contributed by atoms with Crippen LogP contribution in [0.1, 0.15) is 32.0 Å². The Kier molecular flexibility index (Phi) is 5.53. The van der Waals surface area contributed by atoms with Crippen LogP contribution in [0, 0.1) is 5.82 Å². The summed E-state index contributed by atoms with van der Waals surface area (Å²) in [5, 5.41) is 3.60. The second kappa shape index (κ2) is 7.38. The highest BCUT2D eigenvalue weighted by Gasteiger charge is 2.08. The molecule has 0 bridgehead atoms. The van der Waals surface area contributed by atoms with Crippen LogP contribution in [0.3, 0.4) is 0 Å². The summed E-state index contributed by atoms with van der Waals surface area (Å²) in [6, 6.07) is 7.94. The van der Waals surface area contributed by atoms with Gasteiger partial charge >= 0.3 is 0 Å². The molecule has 0 aliphatic heterocycles. The minimum absolute atomic E-state index is 0.188. The Bertz CT molecular complexity index is 589. The fraction of sp³-hybridized carbons (Fsp3) is 0.312. The highest BCUT2D eigenvalue weighted by Crippen LogP contribution is 2.29. The minimum atomic E-state index is -0.392. The lowest BCUT2D eigenvalue weighted by atomic mass is 10.2. The van der Waals surface area contributed by atoms with Crippen LogP contribution in [0.5, 0.6) is 11.5 Å². The fourth-order valence-electron chi connectivity index (χ4n) is 1.86. The van der Waals surface area contributed by atoms with E-state index >= 15 is 0 Å². The lowest BCUT2D eigenvalue weighted by Gasteiger charge is -2.13. The number of nitrogens with zero attached hydrogens (tertiary/aromatic N) is 1. The molecular formula is C16H18ClFN2O. The van der Waals surface area contributed by atoms with Crippen molar-refractivity contribution in [2.24, 2.45) is 0 Å². The van der Waals surface area contributed by atoms with Gasteiger partial charge in [-0.3, -0.25) is 4.98 Å². The van der Waals surface area contributed by atoms with Crippen LogP contribution in [0.4, 0.5) is 4.39 Å². The molecule has 0 aliphatic rings. The van der Waals surface area contributed by atoms with E-state index in [0.29, 0.717) is 11.5 Å². The van der Waals surface area contributed by atoms with E-state index in [0.717, 1.165) is 18.7 Å². The van der Waals surface area contributed by atoms with Crippen molar-refractivity contribution in [1.82, 2.24) is 10.3 Å². The molecule has 21 heavy (non-hydrogen) atoms. The molecule has 1 aromatic heterocycles. The van der Waals surface area contributed by atoms with Gasteiger partial charge in [0.25, 0.3) is 0 Å². The Hall–Kier alpha value is -1.65. The number of hydrogen-bond acceptors (Lipinski definition) is 3. The van der Waals surface area contributed by atoms with E-state index in [-0.39, 0.29) is 11.1 Å². The first-order valence-corrected chi connectivity index (χ1v) is 7.30. The SMILES string of the molecule is CCCNC(C)c1ccc(Oc2ccc(F)cc2Cl)cn1. The molecule has 1 aromatic carbocycles. The summed E-state index contributed by atoms with van der Waals surface area (Å²) >= 11 is 5.92. The number of nitrogens with one attached hydrogen (secondary N) is 1. The monoisotopic (exact) mass is 308 g/mol. The molecule has 0 radical (unpaired) electrons. The van der Waals surface area contributed by atoms with Crippen molar-refractivity contribution >= 4 is 11.6 Å². The molecular weight excluding hydrogens is 291 g/mol. The first-order valence-electron chi connectivity index (χ1n) is 6.92. The molecule has 0 saturated heterocycles. The summed E-state index contributed by atoms with van der Waals surface area (Å²) in [6.07, 6.45) is 2.72. The standard InChI is InChI=1S/C16H18ClFN2O/c1-3-8-19-11(2)15-6-5-13(10-20-15)21-16-7-4-12(18)9-14(16)17/h4-7,9-11,19H,3,8H2,1-2H3. The van der Waals surface area contributed by atoms with Gasteiger partial charge in [0, 0.05) is 6.04 Å². The van der Waals surface area contributed by atoms with E-state index in [9.17, 15) is 4.39 Å². The van der Waals surface area contributed by atoms with Crippen molar-refractivity contribution in [2.75, 3.05) is 6.54 Å². The molecule has 1 N–H and O–H groups in total. The minimum Gasteiger partial charge on any atom is -0.454 e. The van der Waals surface area contributed by atoms with E-state index < -0.39 is 5.82 Å². The molecule has 3 nitrogen and oxygen atoms in total. The number of halogens is 2. The van der Waals surface area contributed by atoms with Crippen molar-refractivity contribution in [3.05, 3.63) is 53.1 Å². The maximum absolute atomic E-state index is 13.0. The van der Waals surface area contributed by atoms with Gasteiger partial charge in [-0.2, -0.15) is 0 Å². The Morgan fingerprint density at radius 1 is 1.33 bits per heavy atom. The third kappa shape index (κ3) is 4.41. The highest BCUT2D eigenvalue weighted by atomic mass is 35.5. The van der Waals surface area contributed by atoms with Gasteiger partial charge in [0.15, 0.2) is 0 Å². The number of benzene rings is 1. The second-order valence-electron chi connectivity index (χ2n) is 4.77. The van der Waals surface area contributed by atoms with E-state index in [4.69, 9.17) is 16.3 Å². The molecule has 0 aliphatic carbocycles. The summed E-state index contributed by atoms with van der Waals surface area (Å²) in [7, 11) is 0. The Balaban J connectivity index is 2.05. The zero-order chi connectivity index (χ0) is 15.2. The van der Waals surface area contributed by atoms with E-state index in [1.807, 2.05) is 12.1 Å². The van der Waals surface area contributed by atoms with Crippen LogP contribution < -0.4 is 10.1 Å². The van der Waals surface area contributed by atoms with Crippen LogP contribution >= 0.6 is 11.6 Å². The molecule has 2 aromatic rings. The number of hydrogen-bond donors (Lipinski definition) is 1. The largest absolute Gasteiger partial charge is 0.454 e. The average molecular weight is 309 g/mol. The average Bonchev–Trinajstić information content (AvgIpc) is 2.48. The molecule has 0 saturated carbocycles. The zero-order valence-electron chi connectivity index (χ0n) is 12.1. The Morgan fingerprint density at radius 3 is 2.76 bits per heavy atom. The van der Waals surface area contributed by atoms with Crippen LogP contribution in [0.15, 0.2) is 36.5 Å². The lowest BCUT2D eigenvalue weighted by Crippen LogP contribution is -2.20. The van der Waals surface area contributed by atoms with Crippen molar-refractivity contribution in [3.63, 3.8) is 0 Å². The van der Waals surface area contributed by atoms with Gasteiger partial charge in [-0.05, 0) is 50.2 Å². The lowest BCUT2D eigenvalue weighted by molar-refractivity contribution is 0.476. The van der Waals surface area contributed by atoms with Crippen molar-refractivity contribution in [1.29, 1.82) is 0 Å². The van der Waals surface area contributed by atoms with Crippen molar-refractivity contribution in [3.8, 4) is 11.5 Å². The number of rotatable bonds is 6. The molecule has 1 unspecified atom stereocenters. The first-order chi connectivity index (χ1) is 10.1. The van der Waals surface area contributed by atoms with E-state index in [1.54, 1.807) is 6.20 Å². The van der Waals surface area contributed by atoms with Crippen LogP contribution in [-0.2, 0) is 0 Å². The topological polar surface area (TPSA) is 34.1 Å². The van der Waals surface area contributed by atoms with Crippen LogP contribution in [0.25, 0.3) is 0 Å². The number of aromatic nitrogens is 1. The summed E-state index contributed by atoms with van der Waals surface area (Å²) in [4.78, 5) is 4.37. The highest BCUT2D eigenvalue weighted by molar-refractivity contribution is 6.32. The normalized spacial score (nSPS) is 12.2. The zero-order valence-corrected chi connectivity index (χ0v) is 12.8. The second-order valence-corrected chi connectivity index (χ2v) is 5.18. The summed E-state index contributed by atoms with van der Waals surface area (Å²) < 4.78 is 18.6. The van der Waals surface area contributed by atoms with Crippen LogP contribution in [-0.4, -0.2) is 11.5 Å². The van der Waals surface area contributed by atoms with Gasteiger partial charge in [0.05, 0.1) is 16.9 Å². The van der Waals surface area contributed by atoms with Crippen LogP contribution in [0.2, 0.25) is 5.02 Å². The van der Waals surface area contributed by atoms with Gasteiger partial charge in [-0.1, -0.05) is 18.5 Å². The predicted octanol–water partition coefficient (Wildman–Crippen LogP) is 4.73. The third-order valence-corrected chi connectivity index (χ3v) is 3.32. The Morgan fingerprint density at radius 2 is 2.14 bits per heavy atom. The number of ether oxygens (including phenoxy) is 1. The maximum atomic E-state index is 13.0. The molecule has 1 heterocycles. The fourth-order valence-corrected chi connectivity index (χ4v) is 2.06.